The number of hydrogen-bond acceptors (Lipinski definition) is 5. The molecule has 0 spiro atoms. The molecule has 0 amide bonds. The molecule has 0 radical (unpaired) electrons. The first kappa shape index (κ1) is 13.3. The van der Waals surface area contributed by atoms with Gasteiger partial charge >= 0.3 is 0 Å². The molecular weight excluding hydrogens is 320 g/mol. The summed E-state index contributed by atoms with van der Waals surface area (Å²) in [7, 11) is 0. The Kier molecular flexibility index (Phi) is 3.82. The number of nitrogens with zero attached hydrogens (tertiary/aromatic N) is 4. The van der Waals surface area contributed by atoms with Crippen LogP contribution in [0.25, 0.3) is 0 Å². The molecule has 0 saturated carbocycles. The van der Waals surface area contributed by atoms with E-state index in [2.05, 4.69) is 35.8 Å². The first-order valence-corrected chi connectivity index (χ1v) is 7.32. The molecule has 104 valence electrons. The zero-order valence-electron chi connectivity index (χ0n) is 11.2. The fraction of sp³-hybridized carbons (Fsp3) is 0.357. The molecule has 2 aromatic heterocycles. The molecule has 0 bridgehead atoms. The molecule has 1 aliphatic rings. The molecule has 2 aromatic rings. The lowest BCUT2D eigenvalue weighted by molar-refractivity contribution is 0.224. The number of pyridine rings is 1. The van der Waals surface area contributed by atoms with Gasteiger partial charge in [0.1, 0.15) is 23.5 Å². The summed E-state index contributed by atoms with van der Waals surface area (Å²) >= 11 is 3.40. The van der Waals surface area contributed by atoms with Crippen molar-refractivity contribution in [2.75, 3.05) is 18.0 Å². The number of aromatic nitrogens is 3. The highest BCUT2D eigenvalue weighted by Gasteiger charge is 2.25. The van der Waals surface area contributed by atoms with E-state index in [9.17, 15) is 0 Å². The molecule has 6 heteroatoms. The number of ether oxygens (including phenoxy) is 1. The van der Waals surface area contributed by atoms with Crippen LogP contribution in [-0.2, 0) is 0 Å². The Hall–Kier alpha value is -1.69. The fourth-order valence-corrected chi connectivity index (χ4v) is 2.65. The smallest absolute Gasteiger partial charge is 0.139 e. The van der Waals surface area contributed by atoms with Gasteiger partial charge in [-0.15, -0.1) is 0 Å². The fourth-order valence-electron chi connectivity index (χ4n) is 2.30. The highest BCUT2D eigenvalue weighted by atomic mass is 79.9. The second kappa shape index (κ2) is 5.75. The number of anilines is 1. The lowest BCUT2D eigenvalue weighted by atomic mass is 10.3. The summed E-state index contributed by atoms with van der Waals surface area (Å²) < 4.78 is 6.89. The minimum Gasteiger partial charge on any atom is -0.487 e. The zero-order chi connectivity index (χ0) is 13.9. The standard InChI is InChI=1S/C14H15BrN4O/c1-10-17-4-2-14(18-10)19-5-3-12(9-19)20-13-6-11(15)7-16-8-13/h2,4,6-8,12H,3,5,9H2,1H3/t12-/m1/s1. The van der Waals surface area contributed by atoms with Crippen LogP contribution >= 0.6 is 15.9 Å². The van der Waals surface area contributed by atoms with Crippen LogP contribution in [0.5, 0.6) is 5.75 Å². The topological polar surface area (TPSA) is 51.1 Å². The van der Waals surface area contributed by atoms with E-state index < -0.39 is 0 Å². The van der Waals surface area contributed by atoms with Crippen molar-refractivity contribution in [2.24, 2.45) is 0 Å². The maximum Gasteiger partial charge on any atom is 0.139 e. The van der Waals surface area contributed by atoms with E-state index in [1.807, 2.05) is 19.1 Å². The number of hydrogen-bond donors (Lipinski definition) is 0. The van der Waals surface area contributed by atoms with Gasteiger partial charge in [-0.1, -0.05) is 0 Å². The zero-order valence-corrected chi connectivity index (χ0v) is 12.7. The molecular formula is C14H15BrN4O. The first-order chi connectivity index (χ1) is 9.70. The summed E-state index contributed by atoms with van der Waals surface area (Å²) in [6.07, 6.45) is 6.43. The molecule has 0 N–H and O–H groups in total. The van der Waals surface area contributed by atoms with Gasteiger partial charge in [0.05, 0.1) is 12.7 Å². The molecule has 0 aromatic carbocycles. The lowest BCUT2D eigenvalue weighted by Gasteiger charge is -2.18. The molecule has 20 heavy (non-hydrogen) atoms. The molecule has 1 aliphatic heterocycles. The third-order valence-corrected chi connectivity index (χ3v) is 3.65. The highest BCUT2D eigenvalue weighted by molar-refractivity contribution is 9.10. The third-order valence-electron chi connectivity index (χ3n) is 3.21. The maximum atomic E-state index is 5.96. The third kappa shape index (κ3) is 3.07. The van der Waals surface area contributed by atoms with Gasteiger partial charge in [-0.2, -0.15) is 0 Å². The summed E-state index contributed by atoms with van der Waals surface area (Å²) in [6.45, 7) is 3.69. The Labute approximate surface area is 126 Å². The van der Waals surface area contributed by atoms with Crippen LogP contribution in [0, 0.1) is 6.92 Å². The Bertz CT molecular complexity index is 607. The second-order valence-corrected chi connectivity index (χ2v) is 5.69. The largest absolute Gasteiger partial charge is 0.487 e. The van der Waals surface area contributed by atoms with Gasteiger partial charge < -0.3 is 9.64 Å². The van der Waals surface area contributed by atoms with Crippen molar-refractivity contribution in [3.63, 3.8) is 0 Å². The van der Waals surface area contributed by atoms with E-state index in [-0.39, 0.29) is 6.10 Å². The van der Waals surface area contributed by atoms with Crippen LogP contribution in [0.15, 0.2) is 35.2 Å². The number of halogens is 1. The van der Waals surface area contributed by atoms with Gasteiger partial charge in [0.15, 0.2) is 0 Å². The van der Waals surface area contributed by atoms with Crippen molar-refractivity contribution >= 4 is 21.7 Å². The van der Waals surface area contributed by atoms with E-state index in [1.54, 1.807) is 18.6 Å². The van der Waals surface area contributed by atoms with Crippen molar-refractivity contribution in [3.8, 4) is 5.75 Å². The molecule has 1 fully saturated rings. The van der Waals surface area contributed by atoms with Crippen LogP contribution in [0.1, 0.15) is 12.2 Å². The van der Waals surface area contributed by atoms with Gasteiger partial charge in [-0.05, 0) is 35.0 Å². The van der Waals surface area contributed by atoms with Gasteiger partial charge in [0.25, 0.3) is 0 Å². The van der Waals surface area contributed by atoms with Crippen molar-refractivity contribution in [1.29, 1.82) is 0 Å². The Morgan fingerprint density at radius 3 is 3.10 bits per heavy atom. The van der Waals surface area contributed by atoms with Crippen molar-refractivity contribution < 1.29 is 4.74 Å². The van der Waals surface area contributed by atoms with Crippen LogP contribution in [0.4, 0.5) is 5.82 Å². The van der Waals surface area contributed by atoms with Crippen LogP contribution in [0.3, 0.4) is 0 Å². The average Bonchev–Trinajstić information content (AvgIpc) is 2.87. The SMILES string of the molecule is Cc1nccc(N2CC[C@@H](Oc3cncc(Br)c3)C2)n1. The predicted molar refractivity (Wildman–Crippen MR) is 80.0 cm³/mol. The van der Waals surface area contributed by atoms with Crippen LogP contribution in [-0.4, -0.2) is 34.1 Å². The van der Waals surface area contributed by atoms with Crippen molar-refractivity contribution in [2.45, 2.75) is 19.4 Å². The molecule has 0 unspecified atom stereocenters. The average molecular weight is 335 g/mol. The summed E-state index contributed by atoms with van der Waals surface area (Å²) in [5.41, 5.74) is 0. The summed E-state index contributed by atoms with van der Waals surface area (Å²) in [5, 5.41) is 0. The van der Waals surface area contributed by atoms with Crippen molar-refractivity contribution in [3.05, 3.63) is 41.0 Å². The molecule has 3 heterocycles. The van der Waals surface area contributed by atoms with Crippen molar-refractivity contribution in [1.82, 2.24) is 15.0 Å². The summed E-state index contributed by atoms with van der Waals surface area (Å²) in [4.78, 5) is 14.9. The molecule has 1 saturated heterocycles. The monoisotopic (exact) mass is 334 g/mol. The predicted octanol–water partition coefficient (Wildman–Crippen LogP) is 2.60. The summed E-state index contributed by atoms with van der Waals surface area (Å²) in [5.74, 6) is 2.56. The quantitative estimate of drug-likeness (QED) is 0.863. The van der Waals surface area contributed by atoms with E-state index in [0.717, 1.165) is 41.4 Å². The van der Waals surface area contributed by atoms with Gasteiger partial charge in [-0.3, -0.25) is 4.98 Å². The Morgan fingerprint density at radius 2 is 2.30 bits per heavy atom. The molecule has 0 aliphatic carbocycles. The lowest BCUT2D eigenvalue weighted by Crippen LogP contribution is -2.25. The van der Waals surface area contributed by atoms with E-state index in [1.165, 1.54) is 0 Å². The van der Waals surface area contributed by atoms with Gasteiger partial charge in [-0.25, -0.2) is 9.97 Å². The minimum absolute atomic E-state index is 0.168. The van der Waals surface area contributed by atoms with Gasteiger partial charge in [0.2, 0.25) is 0 Å². The molecule has 1 atom stereocenters. The maximum absolute atomic E-state index is 5.96. The Morgan fingerprint density at radius 1 is 1.40 bits per heavy atom. The Balaban J connectivity index is 1.65. The van der Waals surface area contributed by atoms with Crippen LogP contribution < -0.4 is 9.64 Å². The number of rotatable bonds is 3. The van der Waals surface area contributed by atoms with Crippen LogP contribution in [0.2, 0.25) is 0 Å². The molecule has 5 nitrogen and oxygen atoms in total. The normalized spacial score (nSPS) is 18.3. The second-order valence-electron chi connectivity index (χ2n) is 4.78. The highest BCUT2D eigenvalue weighted by Crippen LogP contribution is 2.23. The van der Waals surface area contributed by atoms with E-state index >= 15 is 0 Å². The summed E-state index contributed by atoms with van der Waals surface area (Å²) in [6, 6.07) is 3.88. The first-order valence-electron chi connectivity index (χ1n) is 6.52. The van der Waals surface area contributed by atoms with E-state index in [4.69, 9.17) is 4.74 Å². The molecule has 3 rings (SSSR count). The van der Waals surface area contributed by atoms with E-state index in [0.29, 0.717) is 0 Å². The van der Waals surface area contributed by atoms with Gasteiger partial charge in [0, 0.05) is 29.8 Å². The number of aryl methyl sites for hydroxylation is 1. The minimum atomic E-state index is 0.168.